The van der Waals surface area contributed by atoms with Crippen LogP contribution in [-0.2, 0) is 5.60 Å². The number of benzene rings is 3. The minimum absolute atomic E-state index is 0.177. The summed E-state index contributed by atoms with van der Waals surface area (Å²) in [6, 6.07) is 30.8. The van der Waals surface area contributed by atoms with Crippen LogP contribution in [-0.4, -0.2) is 47.6 Å². The number of rotatable bonds is 13. The molecule has 1 atom stereocenters. The Morgan fingerprint density at radius 3 is 1.70 bits per heavy atom. The molecule has 0 saturated carbocycles. The topological polar surface area (TPSA) is 26.7 Å². The van der Waals surface area contributed by atoms with Crippen LogP contribution in [0.5, 0.6) is 0 Å². The second-order valence-corrected chi connectivity index (χ2v) is 10.3. The van der Waals surface area contributed by atoms with Gasteiger partial charge in [-0.05, 0) is 36.1 Å². The molecular weight excluding hydrogens is 452 g/mol. The van der Waals surface area contributed by atoms with E-state index in [9.17, 15) is 5.11 Å². The van der Waals surface area contributed by atoms with Crippen LogP contribution < -0.4 is 0 Å². The van der Waals surface area contributed by atoms with Crippen LogP contribution in [0.1, 0.15) is 67.7 Å². The molecule has 37 heavy (non-hydrogen) atoms. The van der Waals surface area contributed by atoms with Crippen molar-refractivity contribution in [3.8, 4) is 12.3 Å². The van der Waals surface area contributed by atoms with E-state index in [-0.39, 0.29) is 6.04 Å². The monoisotopic (exact) mass is 494 g/mol. The van der Waals surface area contributed by atoms with Gasteiger partial charge in [-0.3, -0.25) is 4.90 Å². The summed E-state index contributed by atoms with van der Waals surface area (Å²) in [7, 11) is 0. The molecule has 3 nitrogen and oxygen atoms in total. The third-order valence-corrected chi connectivity index (χ3v) is 7.76. The number of hydrogen-bond acceptors (Lipinski definition) is 3. The highest BCUT2D eigenvalue weighted by Crippen LogP contribution is 2.44. The van der Waals surface area contributed by atoms with E-state index in [1.165, 1.54) is 38.5 Å². The maximum atomic E-state index is 12.7. The fourth-order valence-corrected chi connectivity index (χ4v) is 5.73. The Balaban J connectivity index is 1.47. The number of terminal acetylenes is 1. The van der Waals surface area contributed by atoms with Crippen LogP contribution in [0.2, 0.25) is 0 Å². The molecule has 3 heteroatoms. The standard InChI is InChI=1S/C34H42N2O/c1-2-3-4-5-6-7-8-18-25-35-26-28-36(29-27-35)33(30-19-12-9-13-20-30)34(37,31-21-14-10-15-22-31)32-23-16-11-17-24-32/h1,9-17,19-24,33,37H,3-8,18,25-29H2/t33-/m1/s1. The normalized spacial score (nSPS) is 15.8. The van der Waals surface area contributed by atoms with Gasteiger partial charge in [0.1, 0.15) is 5.60 Å². The molecule has 1 fully saturated rings. The maximum Gasteiger partial charge on any atom is 0.134 e. The lowest BCUT2D eigenvalue weighted by molar-refractivity contribution is -0.0397. The van der Waals surface area contributed by atoms with Crippen molar-refractivity contribution in [1.82, 2.24) is 9.80 Å². The SMILES string of the molecule is C#CCCCCCCCCN1CCN([C@H](c2ccccc2)C(O)(c2ccccc2)c2ccccc2)CC1. The van der Waals surface area contributed by atoms with Crippen LogP contribution in [0.4, 0.5) is 0 Å². The molecule has 0 aromatic heterocycles. The molecule has 194 valence electrons. The van der Waals surface area contributed by atoms with Gasteiger partial charge < -0.3 is 10.0 Å². The first kappa shape index (κ1) is 27.1. The highest BCUT2D eigenvalue weighted by Gasteiger charge is 2.44. The summed E-state index contributed by atoms with van der Waals surface area (Å²) < 4.78 is 0. The molecule has 3 aromatic carbocycles. The molecule has 0 radical (unpaired) electrons. The molecule has 1 N–H and O–H groups in total. The summed E-state index contributed by atoms with van der Waals surface area (Å²) in [5, 5.41) is 12.7. The largest absolute Gasteiger partial charge is 0.378 e. The number of piperazine rings is 1. The Labute approximate surface area is 224 Å². The lowest BCUT2D eigenvalue weighted by Gasteiger charge is -2.47. The average Bonchev–Trinajstić information content (AvgIpc) is 2.97. The van der Waals surface area contributed by atoms with Gasteiger partial charge in [-0.25, -0.2) is 0 Å². The van der Waals surface area contributed by atoms with Crippen LogP contribution in [0.25, 0.3) is 0 Å². The molecular formula is C34H42N2O. The number of nitrogens with zero attached hydrogens (tertiary/aromatic N) is 2. The van der Waals surface area contributed by atoms with Crippen molar-refractivity contribution in [2.24, 2.45) is 0 Å². The Hall–Kier alpha value is -2.90. The second-order valence-electron chi connectivity index (χ2n) is 10.3. The van der Waals surface area contributed by atoms with Crippen molar-refractivity contribution in [2.75, 3.05) is 32.7 Å². The van der Waals surface area contributed by atoms with Crippen LogP contribution in [0.15, 0.2) is 91.0 Å². The Morgan fingerprint density at radius 2 is 1.16 bits per heavy atom. The van der Waals surface area contributed by atoms with Crippen LogP contribution in [0.3, 0.4) is 0 Å². The Morgan fingerprint density at radius 1 is 0.676 bits per heavy atom. The van der Waals surface area contributed by atoms with E-state index in [0.29, 0.717) is 0 Å². The fraction of sp³-hybridized carbons (Fsp3) is 0.412. The summed E-state index contributed by atoms with van der Waals surface area (Å²) in [5.41, 5.74) is 1.85. The third kappa shape index (κ3) is 7.11. The highest BCUT2D eigenvalue weighted by molar-refractivity contribution is 5.41. The lowest BCUT2D eigenvalue weighted by atomic mass is 9.76. The molecule has 1 saturated heterocycles. The predicted octanol–water partition coefficient (Wildman–Crippen LogP) is 6.65. The molecule has 3 aromatic rings. The lowest BCUT2D eigenvalue weighted by Crippen LogP contribution is -2.53. The van der Waals surface area contributed by atoms with Gasteiger partial charge in [0.25, 0.3) is 0 Å². The molecule has 1 aliphatic heterocycles. The minimum Gasteiger partial charge on any atom is -0.378 e. The summed E-state index contributed by atoms with van der Waals surface area (Å²) in [4.78, 5) is 5.10. The highest BCUT2D eigenvalue weighted by atomic mass is 16.3. The zero-order valence-corrected chi connectivity index (χ0v) is 22.1. The van der Waals surface area contributed by atoms with Gasteiger partial charge in [-0.15, -0.1) is 12.3 Å². The quantitative estimate of drug-likeness (QED) is 0.213. The average molecular weight is 495 g/mol. The zero-order chi connectivity index (χ0) is 25.8. The van der Waals surface area contributed by atoms with Gasteiger partial charge in [0.2, 0.25) is 0 Å². The summed E-state index contributed by atoms with van der Waals surface area (Å²) in [5.74, 6) is 2.74. The molecule has 0 bridgehead atoms. The number of aliphatic hydroxyl groups is 1. The van der Waals surface area contributed by atoms with E-state index in [1.807, 2.05) is 36.4 Å². The molecule has 0 unspecified atom stereocenters. The molecule has 1 heterocycles. The van der Waals surface area contributed by atoms with Crippen molar-refractivity contribution in [1.29, 1.82) is 0 Å². The van der Waals surface area contributed by atoms with E-state index < -0.39 is 5.60 Å². The predicted molar refractivity (Wildman–Crippen MR) is 154 cm³/mol. The van der Waals surface area contributed by atoms with Gasteiger partial charge in [-0.1, -0.05) is 117 Å². The van der Waals surface area contributed by atoms with Gasteiger partial charge in [0, 0.05) is 32.6 Å². The molecule has 1 aliphatic rings. The number of unbranched alkanes of at least 4 members (excludes halogenated alkanes) is 6. The first-order valence-corrected chi connectivity index (χ1v) is 14.0. The summed E-state index contributed by atoms with van der Waals surface area (Å²) in [6.45, 7) is 5.10. The van der Waals surface area contributed by atoms with Gasteiger partial charge in [0.05, 0.1) is 6.04 Å². The maximum absolute atomic E-state index is 12.7. The summed E-state index contributed by atoms with van der Waals surface area (Å²) >= 11 is 0. The van der Waals surface area contributed by atoms with Gasteiger partial charge in [0.15, 0.2) is 0 Å². The second kappa shape index (κ2) is 14.1. The molecule has 0 aliphatic carbocycles. The Kier molecular flexibility index (Phi) is 10.4. The van der Waals surface area contributed by atoms with Crippen LogP contribution in [0, 0.1) is 12.3 Å². The van der Waals surface area contributed by atoms with Crippen molar-refractivity contribution < 1.29 is 5.11 Å². The first-order valence-electron chi connectivity index (χ1n) is 14.0. The molecule has 0 spiro atoms. The van der Waals surface area contributed by atoms with E-state index in [1.54, 1.807) is 0 Å². The van der Waals surface area contributed by atoms with Crippen molar-refractivity contribution in [2.45, 2.75) is 56.6 Å². The third-order valence-electron chi connectivity index (χ3n) is 7.76. The summed E-state index contributed by atoms with van der Waals surface area (Å²) in [6.07, 6.45) is 13.8. The van der Waals surface area contributed by atoms with E-state index in [2.05, 4.69) is 70.3 Å². The van der Waals surface area contributed by atoms with Crippen molar-refractivity contribution >= 4 is 0 Å². The van der Waals surface area contributed by atoms with E-state index >= 15 is 0 Å². The minimum atomic E-state index is -1.16. The van der Waals surface area contributed by atoms with Crippen LogP contribution >= 0.6 is 0 Å². The smallest absolute Gasteiger partial charge is 0.134 e. The first-order chi connectivity index (χ1) is 18.2. The zero-order valence-electron chi connectivity index (χ0n) is 22.1. The molecule has 4 rings (SSSR count). The molecule has 0 amide bonds. The van der Waals surface area contributed by atoms with Gasteiger partial charge >= 0.3 is 0 Å². The Bertz CT molecular complexity index is 1030. The van der Waals surface area contributed by atoms with Crippen molar-refractivity contribution in [3.05, 3.63) is 108 Å². The van der Waals surface area contributed by atoms with Gasteiger partial charge in [-0.2, -0.15) is 0 Å². The fourth-order valence-electron chi connectivity index (χ4n) is 5.73. The van der Waals surface area contributed by atoms with Crippen molar-refractivity contribution in [3.63, 3.8) is 0 Å². The van der Waals surface area contributed by atoms with E-state index in [4.69, 9.17) is 6.42 Å². The number of hydrogen-bond donors (Lipinski definition) is 1. The van der Waals surface area contributed by atoms with E-state index in [0.717, 1.165) is 55.8 Å².